The standard InChI is InChI=1S/C10H18F2N2O/c1-6-5-7(8(15)10(2,3)4)13-14(6)9(11)12/h6-7,9,13H,5H2,1-4H3. The number of nitrogens with one attached hydrogen (secondary N) is 1. The van der Waals surface area contributed by atoms with Crippen LogP contribution in [0.15, 0.2) is 0 Å². The molecule has 0 saturated carbocycles. The number of hydrogen-bond donors (Lipinski definition) is 1. The van der Waals surface area contributed by atoms with Gasteiger partial charge in [0.25, 0.3) is 0 Å². The maximum absolute atomic E-state index is 12.5. The summed E-state index contributed by atoms with van der Waals surface area (Å²) < 4.78 is 25.0. The van der Waals surface area contributed by atoms with Crippen molar-refractivity contribution in [2.24, 2.45) is 5.41 Å². The van der Waals surface area contributed by atoms with Crippen molar-refractivity contribution in [1.29, 1.82) is 0 Å². The minimum atomic E-state index is -2.56. The first-order valence-corrected chi connectivity index (χ1v) is 5.10. The molecule has 1 fully saturated rings. The van der Waals surface area contributed by atoms with E-state index in [-0.39, 0.29) is 11.8 Å². The highest BCUT2D eigenvalue weighted by Crippen LogP contribution is 2.25. The fourth-order valence-corrected chi connectivity index (χ4v) is 1.75. The third kappa shape index (κ3) is 2.72. The summed E-state index contributed by atoms with van der Waals surface area (Å²) in [6.07, 6.45) is 0.445. The summed E-state index contributed by atoms with van der Waals surface area (Å²) in [5, 5.41) is 0.855. The van der Waals surface area contributed by atoms with Gasteiger partial charge in [0.1, 0.15) is 0 Å². The molecule has 15 heavy (non-hydrogen) atoms. The van der Waals surface area contributed by atoms with Crippen LogP contribution < -0.4 is 5.43 Å². The Balaban J connectivity index is 2.67. The van der Waals surface area contributed by atoms with Gasteiger partial charge in [-0.1, -0.05) is 20.8 Å². The molecule has 0 aromatic carbocycles. The zero-order chi connectivity index (χ0) is 11.8. The molecule has 2 atom stereocenters. The van der Waals surface area contributed by atoms with Crippen LogP contribution in [0, 0.1) is 5.41 Å². The molecule has 0 aromatic heterocycles. The number of carbonyl (C=O) groups is 1. The predicted molar refractivity (Wildman–Crippen MR) is 53.3 cm³/mol. The third-order valence-electron chi connectivity index (χ3n) is 2.62. The molecule has 1 saturated heterocycles. The maximum Gasteiger partial charge on any atom is 0.307 e. The number of ketones is 1. The summed E-state index contributed by atoms with van der Waals surface area (Å²) in [5.74, 6) is -0.0162. The van der Waals surface area contributed by atoms with Gasteiger partial charge in [0.15, 0.2) is 5.78 Å². The Kier molecular flexibility index (Phi) is 3.45. The average molecular weight is 220 g/mol. The van der Waals surface area contributed by atoms with Crippen LogP contribution in [0.2, 0.25) is 0 Å². The molecule has 1 aliphatic rings. The topological polar surface area (TPSA) is 32.3 Å². The molecule has 0 spiro atoms. The van der Waals surface area contributed by atoms with Crippen LogP contribution in [0.5, 0.6) is 0 Å². The van der Waals surface area contributed by atoms with E-state index >= 15 is 0 Å². The van der Waals surface area contributed by atoms with Crippen molar-refractivity contribution in [2.75, 3.05) is 0 Å². The van der Waals surface area contributed by atoms with Crippen molar-refractivity contribution in [1.82, 2.24) is 10.4 Å². The van der Waals surface area contributed by atoms with Crippen LogP contribution in [0.4, 0.5) is 8.78 Å². The number of Topliss-reactive ketones (excluding diaryl/α,β-unsaturated/α-hetero) is 1. The van der Waals surface area contributed by atoms with E-state index in [0.29, 0.717) is 6.42 Å². The van der Waals surface area contributed by atoms with Gasteiger partial charge in [0, 0.05) is 11.5 Å². The number of hydrazine groups is 1. The van der Waals surface area contributed by atoms with Crippen LogP contribution in [0.3, 0.4) is 0 Å². The first-order valence-electron chi connectivity index (χ1n) is 5.10. The highest BCUT2D eigenvalue weighted by atomic mass is 19.3. The monoisotopic (exact) mass is 220 g/mol. The Morgan fingerprint density at radius 2 is 2.00 bits per heavy atom. The molecular formula is C10H18F2N2O. The van der Waals surface area contributed by atoms with Crippen LogP contribution in [-0.4, -0.2) is 29.4 Å². The second-order valence-corrected chi connectivity index (χ2v) is 5.07. The largest absolute Gasteiger partial charge is 0.307 e. The molecule has 0 bridgehead atoms. The van der Waals surface area contributed by atoms with E-state index in [9.17, 15) is 13.6 Å². The molecule has 0 amide bonds. The molecule has 88 valence electrons. The summed E-state index contributed by atoms with van der Waals surface area (Å²) in [4.78, 5) is 11.8. The van der Waals surface area contributed by atoms with Gasteiger partial charge in [-0.3, -0.25) is 4.79 Å². The normalized spacial score (nSPS) is 28.7. The molecule has 1 rings (SSSR count). The molecule has 1 aliphatic heterocycles. The first kappa shape index (κ1) is 12.5. The molecule has 5 heteroatoms. The van der Waals surface area contributed by atoms with Crippen molar-refractivity contribution in [3.63, 3.8) is 0 Å². The fourth-order valence-electron chi connectivity index (χ4n) is 1.75. The Morgan fingerprint density at radius 3 is 2.33 bits per heavy atom. The fraction of sp³-hybridized carbons (Fsp3) is 0.900. The van der Waals surface area contributed by atoms with E-state index in [4.69, 9.17) is 0 Å². The van der Waals surface area contributed by atoms with E-state index in [2.05, 4.69) is 5.43 Å². The second kappa shape index (κ2) is 4.14. The Labute approximate surface area is 88.8 Å². The first-order chi connectivity index (χ1) is 6.73. The Bertz CT molecular complexity index is 250. The number of halogens is 2. The van der Waals surface area contributed by atoms with Gasteiger partial charge < -0.3 is 0 Å². The molecule has 1 N–H and O–H groups in total. The van der Waals surface area contributed by atoms with Gasteiger partial charge >= 0.3 is 6.55 Å². The lowest BCUT2D eigenvalue weighted by atomic mass is 9.85. The van der Waals surface area contributed by atoms with Gasteiger partial charge in [-0.15, -0.1) is 0 Å². The van der Waals surface area contributed by atoms with Crippen LogP contribution in [-0.2, 0) is 4.79 Å². The average Bonchev–Trinajstić information content (AvgIpc) is 2.44. The van der Waals surface area contributed by atoms with E-state index in [1.165, 1.54) is 0 Å². The van der Waals surface area contributed by atoms with Crippen LogP contribution >= 0.6 is 0 Å². The molecule has 0 aromatic rings. The minimum Gasteiger partial charge on any atom is -0.297 e. The maximum atomic E-state index is 12.5. The SMILES string of the molecule is CC1CC(C(=O)C(C)(C)C)NN1C(F)F. The quantitative estimate of drug-likeness (QED) is 0.720. The van der Waals surface area contributed by atoms with Crippen LogP contribution in [0.25, 0.3) is 0 Å². The van der Waals surface area contributed by atoms with Crippen molar-refractivity contribution >= 4 is 5.78 Å². The lowest BCUT2D eigenvalue weighted by Crippen LogP contribution is -2.46. The molecule has 3 nitrogen and oxygen atoms in total. The zero-order valence-corrected chi connectivity index (χ0v) is 9.55. The Hall–Kier alpha value is -0.550. The van der Waals surface area contributed by atoms with E-state index in [1.807, 2.05) is 0 Å². The molecule has 0 radical (unpaired) electrons. The molecule has 2 unspecified atom stereocenters. The van der Waals surface area contributed by atoms with Crippen molar-refractivity contribution < 1.29 is 13.6 Å². The zero-order valence-electron chi connectivity index (χ0n) is 9.55. The number of hydrogen-bond acceptors (Lipinski definition) is 3. The van der Waals surface area contributed by atoms with E-state index < -0.39 is 18.0 Å². The van der Waals surface area contributed by atoms with Gasteiger partial charge in [0.2, 0.25) is 0 Å². The van der Waals surface area contributed by atoms with Gasteiger partial charge in [0.05, 0.1) is 6.04 Å². The lowest BCUT2D eigenvalue weighted by Gasteiger charge is -2.23. The molecular weight excluding hydrogens is 202 g/mol. The summed E-state index contributed by atoms with van der Waals surface area (Å²) >= 11 is 0. The van der Waals surface area contributed by atoms with E-state index in [1.54, 1.807) is 27.7 Å². The van der Waals surface area contributed by atoms with Gasteiger partial charge in [-0.05, 0) is 13.3 Å². The number of carbonyl (C=O) groups excluding carboxylic acids is 1. The number of alkyl halides is 2. The molecule has 0 aliphatic carbocycles. The van der Waals surface area contributed by atoms with Crippen LogP contribution in [0.1, 0.15) is 34.1 Å². The van der Waals surface area contributed by atoms with Gasteiger partial charge in [-0.2, -0.15) is 13.8 Å². The summed E-state index contributed by atoms with van der Waals surface area (Å²) in [6, 6.07) is -0.782. The highest BCUT2D eigenvalue weighted by molar-refractivity contribution is 5.88. The lowest BCUT2D eigenvalue weighted by molar-refractivity contribution is -0.129. The van der Waals surface area contributed by atoms with Gasteiger partial charge in [-0.25, -0.2) is 5.43 Å². The Morgan fingerprint density at radius 1 is 1.47 bits per heavy atom. The number of rotatable bonds is 2. The van der Waals surface area contributed by atoms with Crippen molar-refractivity contribution in [3.05, 3.63) is 0 Å². The predicted octanol–water partition coefficient (Wildman–Crippen LogP) is 1.79. The highest BCUT2D eigenvalue weighted by Gasteiger charge is 2.40. The smallest absolute Gasteiger partial charge is 0.297 e. The third-order valence-corrected chi connectivity index (χ3v) is 2.62. The van der Waals surface area contributed by atoms with Crippen molar-refractivity contribution in [2.45, 2.75) is 52.7 Å². The summed E-state index contributed by atoms with van der Waals surface area (Å²) in [6.45, 7) is 4.53. The van der Waals surface area contributed by atoms with Crippen molar-refractivity contribution in [3.8, 4) is 0 Å². The molecule has 1 heterocycles. The summed E-state index contributed by atoms with van der Waals surface area (Å²) in [7, 11) is 0. The minimum absolute atomic E-state index is 0.0162. The number of nitrogens with zero attached hydrogens (tertiary/aromatic N) is 1. The second-order valence-electron chi connectivity index (χ2n) is 5.07. The van der Waals surface area contributed by atoms with E-state index in [0.717, 1.165) is 5.01 Å². The summed E-state index contributed by atoms with van der Waals surface area (Å²) in [5.41, 5.74) is 2.09.